The van der Waals surface area contributed by atoms with Crippen LogP contribution in [0.25, 0.3) is 11.0 Å². The van der Waals surface area contributed by atoms with E-state index in [1.54, 1.807) is 0 Å². The molecule has 0 unspecified atom stereocenters. The molecule has 0 spiro atoms. The molecular weight excluding hydrogens is 228 g/mol. The van der Waals surface area contributed by atoms with Crippen molar-refractivity contribution in [2.24, 2.45) is 0 Å². The van der Waals surface area contributed by atoms with E-state index in [1.807, 2.05) is 0 Å². The third kappa shape index (κ3) is 1.81. The topological polar surface area (TPSA) is 67.5 Å². The normalized spacial score (nSPS) is 14.1. The SMILES string of the molecule is [2H]C([2H])([2H])Sc1ccc2oc(=O)c(C(=O)O)cc2c1. The first-order chi connectivity index (χ1) is 8.76. The van der Waals surface area contributed by atoms with Crippen molar-refractivity contribution in [3.8, 4) is 0 Å². The van der Waals surface area contributed by atoms with Crippen LogP contribution in [0.5, 0.6) is 0 Å². The lowest BCUT2D eigenvalue weighted by Gasteiger charge is -2.00. The fourth-order valence-electron chi connectivity index (χ4n) is 1.31. The van der Waals surface area contributed by atoms with Gasteiger partial charge in [0.1, 0.15) is 11.1 Å². The number of carbonyl (C=O) groups is 1. The summed E-state index contributed by atoms with van der Waals surface area (Å²) in [6.45, 7) is 0. The second-order valence-corrected chi connectivity index (χ2v) is 3.73. The number of hydrogen-bond donors (Lipinski definition) is 1. The van der Waals surface area contributed by atoms with E-state index in [0.29, 0.717) is 22.0 Å². The summed E-state index contributed by atoms with van der Waals surface area (Å²) in [5.74, 6) is -1.38. The van der Waals surface area contributed by atoms with Gasteiger partial charge in [0.05, 0.1) is 0 Å². The Labute approximate surface area is 99.1 Å². The Hall–Kier alpha value is -1.75. The molecule has 4 nitrogen and oxygen atoms in total. The van der Waals surface area contributed by atoms with Crippen LogP contribution in [-0.2, 0) is 0 Å². The van der Waals surface area contributed by atoms with Crippen molar-refractivity contribution in [3.63, 3.8) is 0 Å². The summed E-state index contributed by atoms with van der Waals surface area (Å²) in [5.41, 5.74) is -1.20. The van der Waals surface area contributed by atoms with Gasteiger partial charge in [-0.2, -0.15) is 0 Å². The molecule has 5 heteroatoms. The van der Waals surface area contributed by atoms with E-state index in [2.05, 4.69) is 0 Å². The third-order valence-electron chi connectivity index (χ3n) is 2.05. The predicted molar refractivity (Wildman–Crippen MR) is 61.2 cm³/mol. The Morgan fingerprint density at radius 1 is 1.50 bits per heavy atom. The van der Waals surface area contributed by atoms with Crippen molar-refractivity contribution in [2.75, 3.05) is 6.18 Å². The summed E-state index contributed by atoms with van der Waals surface area (Å²) in [6.07, 6.45) is -2.20. The van der Waals surface area contributed by atoms with Crippen LogP contribution in [0, 0.1) is 0 Å². The summed E-state index contributed by atoms with van der Waals surface area (Å²) in [6, 6.07) is 5.59. The van der Waals surface area contributed by atoms with Gasteiger partial charge in [0, 0.05) is 14.4 Å². The van der Waals surface area contributed by atoms with Gasteiger partial charge in [0.2, 0.25) is 0 Å². The molecule has 1 aromatic carbocycles. The van der Waals surface area contributed by atoms with E-state index >= 15 is 0 Å². The highest BCUT2D eigenvalue weighted by Gasteiger charge is 2.11. The minimum Gasteiger partial charge on any atom is -0.477 e. The van der Waals surface area contributed by atoms with Crippen molar-refractivity contribution < 1.29 is 18.4 Å². The highest BCUT2D eigenvalue weighted by atomic mass is 32.2. The van der Waals surface area contributed by atoms with Crippen molar-refractivity contribution in [1.29, 1.82) is 0 Å². The Bertz CT molecular complexity index is 705. The number of hydrogen-bond acceptors (Lipinski definition) is 4. The van der Waals surface area contributed by atoms with Crippen LogP contribution in [0.1, 0.15) is 14.5 Å². The number of thioether (sulfide) groups is 1. The molecule has 0 saturated carbocycles. The zero-order chi connectivity index (χ0) is 14.2. The predicted octanol–water partition coefficient (Wildman–Crippen LogP) is 2.21. The average Bonchev–Trinajstić information content (AvgIpc) is 2.26. The van der Waals surface area contributed by atoms with Crippen LogP contribution in [0.3, 0.4) is 0 Å². The molecule has 2 rings (SSSR count). The number of carboxylic acid groups (broad SMARTS) is 1. The molecule has 0 aliphatic rings. The molecule has 0 aliphatic heterocycles. The van der Waals surface area contributed by atoms with Gasteiger partial charge < -0.3 is 9.52 Å². The van der Waals surface area contributed by atoms with Gasteiger partial charge in [0.15, 0.2) is 0 Å². The van der Waals surface area contributed by atoms with E-state index < -0.39 is 23.3 Å². The number of fused-ring (bicyclic) bond motifs is 1. The molecule has 0 radical (unpaired) electrons. The van der Waals surface area contributed by atoms with Crippen LogP contribution in [-0.4, -0.2) is 17.3 Å². The van der Waals surface area contributed by atoms with Gasteiger partial charge >= 0.3 is 11.6 Å². The molecule has 1 heterocycles. The van der Waals surface area contributed by atoms with Gasteiger partial charge in [-0.25, -0.2) is 9.59 Å². The van der Waals surface area contributed by atoms with Gasteiger partial charge in [-0.15, -0.1) is 11.8 Å². The van der Waals surface area contributed by atoms with E-state index in [9.17, 15) is 9.59 Å². The molecule has 1 N–H and O–H groups in total. The lowest BCUT2D eigenvalue weighted by atomic mass is 10.2. The molecule has 82 valence electrons. The van der Waals surface area contributed by atoms with Crippen LogP contribution >= 0.6 is 11.8 Å². The Morgan fingerprint density at radius 3 is 3.00 bits per heavy atom. The first-order valence-corrected chi connectivity index (χ1v) is 5.08. The molecule has 0 bridgehead atoms. The second kappa shape index (κ2) is 4.02. The Kier molecular flexibility index (Phi) is 1.89. The van der Waals surface area contributed by atoms with Crippen LogP contribution in [0.2, 0.25) is 0 Å². The monoisotopic (exact) mass is 239 g/mol. The molecule has 0 atom stereocenters. The Balaban J connectivity index is 2.56. The quantitative estimate of drug-likeness (QED) is 0.642. The molecule has 16 heavy (non-hydrogen) atoms. The van der Waals surface area contributed by atoms with Crippen molar-refractivity contribution in [1.82, 2.24) is 0 Å². The molecular formula is C11H8O4S. The summed E-state index contributed by atoms with van der Waals surface area (Å²) < 4.78 is 26.3. The first-order valence-electron chi connectivity index (χ1n) is 5.76. The van der Waals surface area contributed by atoms with E-state index in [-0.39, 0.29) is 5.58 Å². The molecule has 0 amide bonds. The first kappa shape index (κ1) is 7.51. The van der Waals surface area contributed by atoms with Gasteiger partial charge in [-0.1, -0.05) is 0 Å². The fraction of sp³-hybridized carbons (Fsp3) is 0.0909. The summed E-state index contributed by atoms with van der Waals surface area (Å²) in [5, 5.41) is 9.19. The lowest BCUT2D eigenvalue weighted by Crippen LogP contribution is -2.12. The maximum atomic E-state index is 11.3. The average molecular weight is 239 g/mol. The van der Waals surface area contributed by atoms with E-state index in [1.165, 1.54) is 24.3 Å². The maximum absolute atomic E-state index is 11.3. The zero-order valence-corrected chi connectivity index (χ0v) is 8.71. The standard InChI is InChI=1S/C11H8O4S/c1-16-7-2-3-9-6(4-7)5-8(10(12)13)11(14)15-9/h2-5H,1H3,(H,12,13)/i1D3. The largest absolute Gasteiger partial charge is 0.477 e. The lowest BCUT2D eigenvalue weighted by molar-refractivity contribution is 0.0692. The van der Waals surface area contributed by atoms with Crippen LogP contribution in [0.15, 0.2) is 38.4 Å². The van der Waals surface area contributed by atoms with Crippen molar-refractivity contribution in [2.45, 2.75) is 4.90 Å². The van der Waals surface area contributed by atoms with E-state index in [4.69, 9.17) is 13.6 Å². The summed E-state index contributed by atoms with van der Waals surface area (Å²) >= 11 is 0.667. The van der Waals surface area contributed by atoms with Crippen molar-refractivity contribution in [3.05, 3.63) is 40.2 Å². The van der Waals surface area contributed by atoms with Gasteiger partial charge in [-0.3, -0.25) is 0 Å². The number of aromatic carboxylic acids is 1. The number of rotatable bonds is 2. The highest BCUT2D eigenvalue weighted by Crippen LogP contribution is 2.21. The summed E-state index contributed by atoms with van der Waals surface area (Å²) in [4.78, 5) is 22.6. The highest BCUT2D eigenvalue weighted by molar-refractivity contribution is 7.98. The summed E-state index contributed by atoms with van der Waals surface area (Å²) in [7, 11) is 0. The fourth-order valence-corrected chi connectivity index (χ4v) is 1.64. The third-order valence-corrected chi connectivity index (χ3v) is 2.54. The van der Waals surface area contributed by atoms with Crippen LogP contribution < -0.4 is 5.63 Å². The Morgan fingerprint density at radius 2 is 2.31 bits per heavy atom. The maximum Gasteiger partial charge on any atom is 0.351 e. The smallest absolute Gasteiger partial charge is 0.351 e. The minimum absolute atomic E-state index is 0.213. The van der Waals surface area contributed by atoms with Gasteiger partial charge in [0.25, 0.3) is 0 Å². The van der Waals surface area contributed by atoms with E-state index in [0.717, 1.165) is 0 Å². The second-order valence-electron chi connectivity index (χ2n) is 3.05. The molecule has 0 fully saturated rings. The zero-order valence-electron chi connectivity index (χ0n) is 10.9. The molecule has 1 aromatic heterocycles. The van der Waals surface area contributed by atoms with Gasteiger partial charge in [-0.05, 0) is 30.4 Å². The molecule has 0 aliphatic carbocycles. The van der Waals surface area contributed by atoms with Crippen LogP contribution in [0.4, 0.5) is 0 Å². The molecule has 2 aromatic rings. The minimum atomic E-state index is -2.20. The number of carboxylic acids is 1. The number of benzene rings is 1. The molecule has 0 saturated heterocycles. The van der Waals surface area contributed by atoms with Crippen molar-refractivity contribution >= 4 is 28.7 Å².